The number of aromatic nitrogens is 2. The van der Waals surface area contributed by atoms with Crippen molar-refractivity contribution in [2.45, 2.75) is 11.8 Å². The lowest BCUT2D eigenvalue weighted by atomic mass is 10.1. The average Bonchev–Trinajstić information content (AvgIpc) is 3.08. The number of rotatable bonds is 7. The number of imidazole rings is 1. The van der Waals surface area contributed by atoms with Crippen molar-refractivity contribution in [2.75, 3.05) is 5.75 Å². The molecule has 140 valence electrons. The molecule has 4 nitrogen and oxygen atoms in total. The van der Waals surface area contributed by atoms with E-state index in [2.05, 4.69) is 10.3 Å². The molecule has 3 aromatic rings. The van der Waals surface area contributed by atoms with Crippen LogP contribution in [0.1, 0.15) is 23.0 Å². The summed E-state index contributed by atoms with van der Waals surface area (Å²) >= 11 is 13.6. The van der Waals surface area contributed by atoms with E-state index in [4.69, 9.17) is 23.2 Å². The lowest BCUT2D eigenvalue weighted by Gasteiger charge is -2.19. The minimum atomic E-state index is -0.293. The minimum Gasteiger partial charge on any atom is -0.341 e. The Hall–Kier alpha value is -1.95. The summed E-state index contributed by atoms with van der Waals surface area (Å²) in [6, 6.07) is 14.9. The van der Waals surface area contributed by atoms with E-state index in [1.807, 2.05) is 54.2 Å². The number of halogens is 2. The number of benzene rings is 2. The largest absolute Gasteiger partial charge is 0.341 e. The molecule has 1 aromatic heterocycles. The fourth-order valence-corrected chi connectivity index (χ4v) is 4.09. The van der Waals surface area contributed by atoms with Crippen molar-refractivity contribution in [3.8, 4) is 0 Å². The normalized spacial score (nSPS) is 12.0. The van der Waals surface area contributed by atoms with E-state index in [0.717, 1.165) is 17.0 Å². The fourth-order valence-electron chi connectivity index (χ4n) is 2.69. The number of hydrogen-bond acceptors (Lipinski definition) is 3. The number of amides is 1. The van der Waals surface area contributed by atoms with E-state index in [9.17, 15) is 4.79 Å². The first-order chi connectivity index (χ1) is 13.0. The summed E-state index contributed by atoms with van der Waals surface area (Å²) in [6.45, 7) is 0. The van der Waals surface area contributed by atoms with Crippen LogP contribution in [0.15, 0.2) is 60.9 Å². The summed E-state index contributed by atoms with van der Waals surface area (Å²) in [7, 11) is 1.92. The maximum absolute atomic E-state index is 12.5. The van der Waals surface area contributed by atoms with Crippen LogP contribution in [0.5, 0.6) is 0 Å². The Labute approximate surface area is 172 Å². The van der Waals surface area contributed by atoms with E-state index in [1.165, 1.54) is 11.8 Å². The summed E-state index contributed by atoms with van der Waals surface area (Å²) in [5.74, 6) is 1.70. The Morgan fingerprint density at radius 1 is 1.22 bits per heavy atom. The SMILES string of the molecule is Cn1ccnc1C(NC(=O)CSCc1ccc(Cl)cc1Cl)c1ccccc1. The van der Waals surface area contributed by atoms with Gasteiger partial charge in [-0.1, -0.05) is 59.6 Å². The van der Waals surface area contributed by atoms with Gasteiger partial charge in [-0.25, -0.2) is 4.98 Å². The second kappa shape index (κ2) is 9.31. The standard InChI is InChI=1S/C20H19Cl2N3OS/c1-25-10-9-23-20(25)19(14-5-3-2-4-6-14)24-18(26)13-27-12-15-7-8-16(21)11-17(15)22/h2-11,19H,12-13H2,1H3,(H,24,26). The molecule has 7 heteroatoms. The summed E-state index contributed by atoms with van der Waals surface area (Å²) in [5.41, 5.74) is 1.95. The Balaban J connectivity index is 1.64. The van der Waals surface area contributed by atoms with Gasteiger partial charge in [0.25, 0.3) is 0 Å². The lowest BCUT2D eigenvalue weighted by molar-refractivity contribution is -0.119. The number of nitrogens with one attached hydrogen (secondary N) is 1. The highest BCUT2D eigenvalue weighted by molar-refractivity contribution is 7.99. The molecule has 27 heavy (non-hydrogen) atoms. The van der Waals surface area contributed by atoms with Gasteiger partial charge in [0.2, 0.25) is 5.91 Å². The van der Waals surface area contributed by atoms with Crippen LogP contribution in [0, 0.1) is 0 Å². The number of thioether (sulfide) groups is 1. The van der Waals surface area contributed by atoms with Crippen molar-refractivity contribution in [1.29, 1.82) is 0 Å². The Morgan fingerprint density at radius 2 is 2.00 bits per heavy atom. The summed E-state index contributed by atoms with van der Waals surface area (Å²) in [4.78, 5) is 16.9. The third kappa shape index (κ3) is 5.28. The molecule has 0 aliphatic heterocycles. The predicted molar refractivity (Wildman–Crippen MR) is 112 cm³/mol. The molecule has 0 spiro atoms. The van der Waals surface area contributed by atoms with E-state index in [0.29, 0.717) is 21.6 Å². The first kappa shape index (κ1) is 19.8. The third-order valence-electron chi connectivity index (χ3n) is 4.06. The van der Waals surface area contributed by atoms with Gasteiger partial charge in [-0.3, -0.25) is 4.79 Å². The van der Waals surface area contributed by atoms with Gasteiger partial charge in [-0.05, 0) is 23.3 Å². The van der Waals surface area contributed by atoms with Crippen LogP contribution in [0.3, 0.4) is 0 Å². The molecule has 0 saturated carbocycles. The van der Waals surface area contributed by atoms with Gasteiger partial charge in [0.1, 0.15) is 11.9 Å². The van der Waals surface area contributed by atoms with Crippen LogP contribution < -0.4 is 5.32 Å². The third-order valence-corrected chi connectivity index (χ3v) is 5.63. The molecule has 1 amide bonds. The molecule has 1 atom stereocenters. The molecule has 2 aromatic carbocycles. The number of nitrogens with zero attached hydrogens (tertiary/aromatic N) is 2. The van der Waals surface area contributed by atoms with E-state index in [-0.39, 0.29) is 11.9 Å². The molecule has 0 aliphatic carbocycles. The topological polar surface area (TPSA) is 46.9 Å². The van der Waals surface area contributed by atoms with Crippen molar-refractivity contribution >= 4 is 40.9 Å². The Kier molecular flexibility index (Phi) is 6.83. The van der Waals surface area contributed by atoms with Gasteiger partial charge in [0.15, 0.2) is 0 Å². The molecule has 0 bridgehead atoms. The van der Waals surface area contributed by atoms with Gasteiger partial charge in [-0.15, -0.1) is 11.8 Å². The van der Waals surface area contributed by atoms with E-state index >= 15 is 0 Å². The van der Waals surface area contributed by atoms with Gasteiger partial charge < -0.3 is 9.88 Å². The highest BCUT2D eigenvalue weighted by atomic mass is 35.5. The predicted octanol–water partition coefficient (Wildman–Crippen LogP) is 4.87. The van der Waals surface area contributed by atoms with Crippen LogP contribution >= 0.6 is 35.0 Å². The number of carbonyl (C=O) groups excluding carboxylic acids is 1. The maximum Gasteiger partial charge on any atom is 0.230 e. The molecular formula is C20H19Cl2N3OS. The second-order valence-corrected chi connectivity index (χ2v) is 7.87. The molecule has 1 heterocycles. The minimum absolute atomic E-state index is 0.0538. The molecule has 1 N–H and O–H groups in total. The maximum atomic E-state index is 12.5. The van der Waals surface area contributed by atoms with Gasteiger partial charge in [-0.2, -0.15) is 0 Å². The van der Waals surface area contributed by atoms with Crippen LogP contribution in [0.2, 0.25) is 10.0 Å². The van der Waals surface area contributed by atoms with Crippen LogP contribution in [-0.4, -0.2) is 21.2 Å². The zero-order valence-corrected chi connectivity index (χ0v) is 17.1. The molecule has 3 rings (SSSR count). The van der Waals surface area contributed by atoms with Crippen molar-refractivity contribution < 1.29 is 4.79 Å². The van der Waals surface area contributed by atoms with Crippen LogP contribution in [0.4, 0.5) is 0 Å². The van der Waals surface area contributed by atoms with E-state index < -0.39 is 0 Å². The highest BCUT2D eigenvalue weighted by Gasteiger charge is 2.20. The van der Waals surface area contributed by atoms with Crippen molar-refractivity contribution in [1.82, 2.24) is 14.9 Å². The highest BCUT2D eigenvalue weighted by Crippen LogP contribution is 2.25. The Morgan fingerprint density at radius 3 is 2.67 bits per heavy atom. The number of carbonyl (C=O) groups is 1. The molecule has 0 saturated heterocycles. The first-order valence-electron chi connectivity index (χ1n) is 8.38. The quantitative estimate of drug-likeness (QED) is 0.594. The number of aryl methyl sites for hydroxylation is 1. The lowest BCUT2D eigenvalue weighted by Crippen LogP contribution is -2.32. The average molecular weight is 420 g/mol. The summed E-state index contributed by atoms with van der Waals surface area (Å²) < 4.78 is 1.92. The van der Waals surface area contributed by atoms with Crippen molar-refractivity contribution in [2.24, 2.45) is 7.05 Å². The van der Waals surface area contributed by atoms with E-state index in [1.54, 1.807) is 18.3 Å². The van der Waals surface area contributed by atoms with Gasteiger partial charge in [0.05, 0.1) is 5.75 Å². The second-order valence-electron chi connectivity index (χ2n) is 6.04. The molecule has 0 aliphatic rings. The van der Waals surface area contributed by atoms with Crippen LogP contribution in [0.25, 0.3) is 0 Å². The van der Waals surface area contributed by atoms with Crippen LogP contribution in [-0.2, 0) is 17.6 Å². The summed E-state index contributed by atoms with van der Waals surface area (Å²) in [5, 5.41) is 4.31. The smallest absolute Gasteiger partial charge is 0.230 e. The van der Waals surface area contributed by atoms with Crippen molar-refractivity contribution in [3.63, 3.8) is 0 Å². The van der Waals surface area contributed by atoms with Gasteiger partial charge >= 0.3 is 0 Å². The first-order valence-corrected chi connectivity index (χ1v) is 10.3. The summed E-state index contributed by atoms with van der Waals surface area (Å²) in [6.07, 6.45) is 3.60. The monoisotopic (exact) mass is 419 g/mol. The molecular weight excluding hydrogens is 401 g/mol. The van der Waals surface area contributed by atoms with Gasteiger partial charge in [0, 0.05) is 35.2 Å². The molecule has 1 unspecified atom stereocenters. The fraction of sp³-hybridized carbons (Fsp3) is 0.200. The zero-order valence-electron chi connectivity index (χ0n) is 14.7. The zero-order chi connectivity index (χ0) is 19.2. The molecule has 0 radical (unpaired) electrons. The Bertz CT molecular complexity index is 915. The van der Waals surface area contributed by atoms with Crippen molar-refractivity contribution in [3.05, 3.63) is 87.9 Å². The number of hydrogen-bond donors (Lipinski definition) is 1. The molecule has 0 fully saturated rings.